The van der Waals surface area contributed by atoms with Gasteiger partial charge in [-0.05, 0) is 50.3 Å². The Morgan fingerprint density at radius 2 is 2.13 bits per heavy atom. The Hall–Kier alpha value is -2.14. The van der Waals surface area contributed by atoms with Gasteiger partial charge in [0.05, 0.1) is 12.8 Å². The largest absolute Gasteiger partial charge is 0.463 e. The zero-order valence-electron chi connectivity index (χ0n) is 13.6. The molecule has 0 aromatic carbocycles. The minimum absolute atomic E-state index is 0.244. The predicted molar refractivity (Wildman–Crippen MR) is 86.2 cm³/mol. The Balaban J connectivity index is 1.59. The van der Waals surface area contributed by atoms with Crippen molar-refractivity contribution in [3.63, 3.8) is 0 Å². The number of carbonyl (C=O) groups is 1. The van der Waals surface area contributed by atoms with Crippen LogP contribution in [-0.4, -0.2) is 18.1 Å². The van der Waals surface area contributed by atoms with E-state index in [1.54, 1.807) is 6.07 Å². The molecule has 5 nitrogen and oxygen atoms in total. The predicted octanol–water partition coefficient (Wildman–Crippen LogP) is 2.94. The number of aromatic nitrogens is 1. The number of hydrogen-bond donors (Lipinski definition) is 1. The van der Waals surface area contributed by atoms with Crippen molar-refractivity contribution in [1.82, 2.24) is 10.3 Å². The molecule has 0 spiro atoms. The van der Waals surface area contributed by atoms with Crippen LogP contribution < -0.4 is 5.32 Å². The SMILES string of the molecule is COC(=O)c1cc(CNCc2ccc3c(n2)CCCC3)c(C)o1. The number of nitrogens with zero attached hydrogens (tertiary/aromatic N) is 1. The maximum absolute atomic E-state index is 11.5. The van der Waals surface area contributed by atoms with Gasteiger partial charge in [0.2, 0.25) is 5.76 Å². The fourth-order valence-electron chi connectivity index (χ4n) is 2.95. The van der Waals surface area contributed by atoms with E-state index < -0.39 is 5.97 Å². The summed E-state index contributed by atoms with van der Waals surface area (Å²) in [5.41, 5.74) is 4.67. The first kappa shape index (κ1) is 15.7. The highest BCUT2D eigenvalue weighted by atomic mass is 16.5. The minimum atomic E-state index is -0.448. The van der Waals surface area contributed by atoms with Crippen molar-refractivity contribution in [2.75, 3.05) is 7.11 Å². The zero-order valence-corrected chi connectivity index (χ0v) is 13.6. The number of nitrogens with one attached hydrogen (secondary N) is 1. The number of fused-ring (bicyclic) bond motifs is 1. The van der Waals surface area contributed by atoms with E-state index >= 15 is 0 Å². The van der Waals surface area contributed by atoms with E-state index in [1.807, 2.05) is 6.92 Å². The molecule has 1 aliphatic rings. The first-order valence-corrected chi connectivity index (χ1v) is 8.03. The zero-order chi connectivity index (χ0) is 16.2. The van der Waals surface area contributed by atoms with Gasteiger partial charge in [0.25, 0.3) is 0 Å². The summed E-state index contributed by atoms with van der Waals surface area (Å²) in [5.74, 6) is 0.528. The Morgan fingerprint density at radius 1 is 1.30 bits per heavy atom. The van der Waals surface area contributed by atoms with Gasteiger partial charge in [-0.15, -0.1) is 0 Å². The lowest BCUT2D eigenvalue weighted by Crippen LogP contribution is -2.15. The molecule has 5 heteroatoms. The van der Waals surface area contributed by atoms with Gasteiger partial charge in [-0.2, -0.15) is 0 Å². The van der Waals surface area contributed by atoms with E-state index in [0.717, 1.165) is 29.9 Å². The number of aryl methyl sites for hydroxylation is 3. The fraction of sp³-hybridized carbons (Fsp3) is 0.444. The quantitative estimate of drug-likeness (QED) is 0.860. The van der Waals surface area contributed by atoms with Crippen molar-refractivity contribution in [2.45, 2.75) is 45.7 Å². The molecule has 1 aliphatic carbocycles. The highest BCUT2D eigenvalue weighted by Gasteiger charge is 2.15. The summed E-state index contributed by atoms with van der Waals surface area (Å²) in [6.45, 7) is 3.18. The molecule has 23 heavy (non-hydrogen) atoms. The van der Waals surface area contributed by atoms with Gasteiger partial charge in [0.15, 0.2) is 0 Å². The molecule has 3 rings (SSSR count). The van der Waals surface area contributed by atoms with Gasteiger partial charge in [-0.1, -0.05) is 6.07 Å². The average molecular weight is 314 g/mol. The first-order chi connectivity index (χ1) is 11.2. The lowest BCUT2D eigenvalue weighted by Gasteiger charge is -2.15. The summed E-state index contributed by atoms with van der Waals surface area (Å²) >= 11 is 0. The maximum atomic E-state index is 11.5. The molecule has 2 heterocycles. The van der Waals surface area contributed by atoms with Crippen molar-refractivity contribution >= 4 is 5.97 Å². The van der Waals surface area contributed by atoms with Crippen LogP contribution in [0.4, 0.5) is 0 Å². The minimum Gasteiger partial charge on any atom is -0.463 e. The molecule has 0 saturated heterocycles. The summed E-state index contributed by atoms with van der Waals surface area (Å²) in [6, 6.07) is 6.03. The summed E-state index contributed by atoms with van der Waals surface area (Å²) in [5, 5.41) is 3.36. The normalized spacial score (nSPS) is 13.7. The lowest BCUT2D eigenvalue weighted by molar-refractivity contribution is 0.0563. The van der Waals surface area contributed by atoms with E-state index in [1.165, 1.54) is 31.2 Å². The molecular weight excluding hydrogens is 292 g/mol. The number of methoxy groups -OCH3 is 1. The van der Waals surface area contributed by atoms with Crippen molar-refractivity contribution in [3.8, 4) is 0 Å². The van der Waals surface area contributed by atoms with E-state index in [2.05, 4.69) is 22.2 Å². The Bertz CT molecular complexity index is 706. The van der Waals surface area contributed by atoms with Crippen LogP contribution in [0, 0.1) is 6.92 Å². The highest BCUT2D eigenvalue weighted by molar-refractivity contribution is 5.86. The maximum Gasteiger partial charge on any atom is 0.373 e. The summed E-state index contributed by atoms with van der Waals surface area (Å²) in [4.78, 5) is 16.2. The molecule has 0 bridgehead atoms. The molecule has 0 atom stereocenters. The third-order valence-electron chi connectivity index (χ3n) is 4.26. The van der Waals surface area contributed by atoms with Crippen LogP contribution in [0.1, 0.15) is 51.7 Å². The van der Waals surface area contributed by atoms with Crippen LogP contribution >= 0.6 is 0 Å². The fourth-order valence-corrected chi connectivity index (χ4v) is 2.95. The molecular formula is C18H22N2O3. The highest BCUT2D eigenvalue weighted by Crippen LogP contribution is 2.20. The van der Waals surface area contributed by atoms with Crippen molar-refractivity contribution in [2.24, 2.45) is 0 Å². The van der Waals surface area contributed by atoms with Crippen molar-refractivity contribution in [3.05, 3.63) is 52.2 Å². The average Bonchev–Trinajstić information content (AvgIpc) is 2.95. The molecule has 2 aromatic rings. The van der Waals surface area contributed by atoms with Crippen LogP contribution in [0.25, 0.3) is 0 Å². The number of furan rings is 1. The van der Waals surface area contributed by atoms with Crippen molar-refractivity contribution < 1.29 is 13.9 Å². The van der Waals surface area contributed by atoms with Gasteiger partial charge in [-0.3, -0.25) is 4.98 Å². The number of carbonyl (C=O) groups excluding carboxylic acids is 1. The van der Waals surface area contributed by atoms with Gasteiger partial charge in [0, 0.05) is 24.3 Å². The molecule has 0 aliphatic heterocycles. The molecule has 0 unspecified atom stereocenters. The first-order valence-electron chi connectivity index (χ1n) is 8.03. The molecule has 0 fully saturated rings. The molecule has 1 N–H and O–H groups in total. The van der Waals surface area contributed by atoms with Crippen LogP contribution in [0.3, 0.4) is 0 Å². The second kappa shape index (κ2) is 6.96. The third kappa shape index (κ3) is 3.62. The molecule has 0 saturated carbocycles. The molecule has 122 valence electrons. The second-order valence-corrected chi connectivity index (χ2v) is 5.90. The topological polar surface area (TPSA) is 64.4 Å². The van der Waals surface area contributed by atoms with Crippen LogP contribution in [0.5, 0.6) is 0 Å². The van der Waals surface area contributed by atoms with Crippen LogP contribution in [0.15, 0.2) is 22.6 Å². The van der Waals surface area contributed by atoms with Crippen LogP contribution in [-0.2, 0) is 30.7 Å². The number of rotatable bonds is 5. The number of ether oxygens (including phenoxy) is 1. The molecule has 2 aromatic heterocycles. The Kier molecular flexibility index (Phi) is 4.76. The molecule has 0 radical (unpaired) electrons. The van der Waals surface area contributed by atoms with Crippen LogP contribution in [0.2, 0.25) is 0 Å². The second-order valence-electron chi connectivity index (χ2n) is 5.90. The van der Waals surface area contributed by atoms with Crippen molar-refractivity contribution in [1.29, 1.82) is 0 Å². The smallest absolute Gasteiger partial charge is 0.373 e. The van der Waals surface area contributed by atoms with E-state index in [0.29, 0.717) is 13.1 Å². The summed E-state index contributed by atoms with van der Waals surface area (Å²) in [6.07, 6.45) is 4.75. The third-order valence-corrected chi connectivity index (χ3v) is 4.26. The van der Waals surface area contributed by atoms with Gasteiger partial charge in [0.1, 0.15) is 5.76 Å². The van der Waals surface area contributed by atoms with E-state index in [-0.39, 0.29) is 5.76 Å². The Morgan fingerprint density at radius 3 is 2.96 bits per heavy atom. The standard InChI is InChI=1S/C18H22N2O3/c1-12-14(9-17(23-12)18(21)22-2)10-19-11-15-8-7-13-5-3-4-6-16(13)20-15/h7-9,19H,3-6,10-11H2,1-2H3. The monoisotopic (exact) mass is 314 g/mol. The van der Waals surface area contributed by atoms with Gasteiger partial charge >= 0.3 is 5.97 Å². The molecule has 0 amide bonds. The summed E-state index contributed by atoms with van der Waals surface area (Å²) < 4.78 is 10.1. The van der Waals surface area contributed by atoms with E-state index in [9.17, 15) is 4.79 Å². The van der Waals surface area contributed by atoms with Gasteiger partial charge in [-0.25, -0.2) is 4.79 Å². The van der Waals surface area contributed by atoms with Gasteiger partial charge < -0.3 is 14.5 Å². The van der Waals surface area contributed by atoms with E-state index in [4.69, 9.17) is 9.40 Å². The summed E-state index contributed by atoms with van der Waals surface area (Å²) in [7, 11) is 1.35. The number of hydrogen-bond acceptors (Lipinski definition) is 5. The number of esters is 1. The lowest BCUT2D eigenvalue weighted by atomic mass is 9.96. The Labute approximate surface area is 136 Å². The number of pyridine rings is 1.